The maximum Gasteiger partial charge on any atom is 0.312 e. The van der Waals surface area contributed by atoms with E-state index in [0.29, 0.717) is 45.2 Å². The predicted octanol–water partition coefficient (Wildman–Crippen LogP) is 2.29. The molecule has 8 heteroatoms. The Morgan fingerprint density at radius 1 is 1.30 bits per heavy atom. The molecule has 0 radical (unpaired) electrons. The largest absolute Gasteiger partial charge is 0.466 e. The quantitative estimate of drug-likeness (QED) is 0.303. The molecule has 2 amide bonds. The first kappa shape index (κ1) is 25.7. The van der Waals surface area contributed by atoms with Crippen LogP contribution in [0.1, 0.15) is 66.7 Å². The molecule has 0 aromatic carbocycles. The highest BCUT2D eigenvalue weighted by atomic mass is 16.6. The number of aliphatic hydroxyl groups excluding tert-OH is 1. The van der Waals surface area contributed by atoms with E-state index in [1.54, 1.807) is 22.8 Å². The van der Waals surface area contributed by atoms with Gasteiger partial charge < -0.3 is 24.4 Å². The molecule has 2 bridgehead atoms. The Balaban J connectivity index is 2.10. The molecule has 3 aliphatic heterocycles. The Labute approximate surface area is 197 Å². The van der Waals surface area contributed by atoms with Gasteiger partial charge in [-0.25, -0.2) is 0 Å². The molecule has 5 atom stereocenters. The Bertz CT molecular complexity index is 792. The van der Waals surface area contributed by atoms with Gasteiger partial charge >= 0.3 is 5.97 Å². The van der Waals surface area contributed by atoms with Crippen LogP contribution in [0.4, 0.5) is 0 Å². The van der Waals surface area contributed by atoms with E-state index in [2.05, 4.69) is 6.58 Å². The summed E-state index contributed by atoms with van der Waals surface area (Å²) >= 11 is 0. The number of likely N-dealkylation sites (tertiary alicyclic amines) is 1. The van der Waals surface area contributed by atoms with Crippen LogP contribution < -0.4 is 0 Å². The van der Waals surface area contributed by atoms with Gasteiger partial charge in [-0.1, -0.05) is 13.0 Å². The van der Waals surface area contributed by atoms with Crippen molar-refractivity contribution in [1.82, 2.24) is 9.80 Å². The van der Waals surface area contributed by atoms with Crippen molar-refractivity contribution in [3.05, 3.63) is 12.7 Å². The van der Waals surface area contributed by atoms with E-state index in [9.17, 15) is 19.5 Å². The minimum Gasteiger partial charge on any atom is -0.466 e. The number of hydrogen-bond donors (Lipinski definition) is 1. The molecule has 0 saturated carbocycles. The number of hydrogen-bond acceptors (Lipinski definition) is 6. The van der Waals surface area contributed by atoms with E-state index in [0.717, 1.165) is 0 Å². The van der Waals surface area contributed by atoms with Crippen LogP contribution >= 0.6 is 0 Å². The van der Waals surface area contributed by atoms with Crippen molar-refractivity contribution in [3.63, 3.8) is 0 Å². The number of unbranched alkanes of at least 4 members (excludes halogenated alkanes) is 1. The van der Waals surface area contributed by atoms with Gasteiger partial charge in [0.2, 0.25) is 11.8 Å². The minimum absolute atomic E-state index is 0.0146. The summed E-state index contributed by atoms with van der Waals surface area (Å²) in [7, 11) is 0. The van der Waals surface area contributed by atoms with Gasteiger partial charge in [0, 0.05) is 25.2 Å². The third-order valence-electron chi connectivity index (χ3n) is 7.65. The normalized spacial score (nSPS) is 32.7. The number of carbonyl (C=O) groups is 3. The topological polar surface area (TPSA) is 96.4 Å². The number of aliphatic hydroxyl groups is 1. The van der Waals surface area contributed by atoms with Gasteiger partial charge in [-0.2, -0.15) is 0 Å². The summed E-state index contributed by atoms with van der Waals surface area (Å²) in [4.78, 5) is 44.5. The summed E-state index contributed by atoms with van der Waals surface area (Å²) in [5.74, 6) is -2.27. The third kappa shape index (κ3) is 3.99. The van der Waals surface area contributed by atoms with Gasteiger partial charge in [-0.3, -0.25) is 14.4 Å². The molecule has 0 aliphatic carbocycles. The van der Waals surface area contributed by atoms with Gasteiger partial charge in [0.15, 0.2) is 0 Å². The fourth-order valence-electron chi connectivity index (χ4n) is 6.19. The molecule has 3 rings (SSSR count). The lowest BCUT2D eigenvalue weighted by Gasteiger charge is -2.42. The molecule has 2 unspecified atom stereocenters. The maximum atomic E-state index is 14.1. The number of nitrogens with zero attached hydrogens (tertiary/aromatic N) is 2. The zero-order valence-electron chi connectivity index (χ0n) is 20.8. The Morgan fingerprint density at radius 3 is 2.55 bits per heavy atom. The van der Waals surface area contributed by atoms with E-state index in [4.69, 9.17) is 9.47 Å². The number of rotatable bonds is 10. The summed E-state index contributed by atoms with van der Waals surface area (Å²) in [6.45, 7) is 14.3. The number of fused-ring (bicyclic) bond motifs is 1. The molecule has 1 N–H and O–H groups in total. The van der Waals surface area contributed by atoms with E-state index in [1.165, 1.54) is 0 Å². The molecule has 3 heterocycles. The maximum absolute atomic E-state index is 14.1. The first-order valence-electron chi connectivity index (χ1n) is 12.2. The zero-order valence-corrected chi connectivity index (χ0v) is 20.8. The van der Waals surface area contributed by atoms with Gasteiger partial charge in [0.25, 0.3) is 0 Å². The lowest BCUT2D eigenvalue weighted by Crippen LogP contribution is -2.60. The Morgan fingerprint density at radius 2 is 2.00 bits per heavy atom. The highest BCUT2D eigenvalue weighted by molar-refractivity contribution is 5.98. The smallest absolute Gasteiger partial charge is 0.312 e. The molecule has 0 aromatic rings. The molecule has 33 heavy (non-hydrogen) atoms. The molecule has 0 aromatic heterocycles. The summed E-state index contributed by atoms with van der Waals surface area (Å²) in [6, 6.07) is -0.819. The van der Waals surface area contributed by atoms with Crippen LogP contribution in [0.2, 0.25) is 0 Å². The molecule has 3 saturated heterocycles. The SMILES string of the molecule is C=CCN(C(=O)C1N(CCCCO)C(=O)[C@@H]2[C@@H](C(=O)OCC)[C@@]3(CC)CCC12O3)C(C)(C)C. The van der Waals surface area contributed by atoms with Gasteiger partial charge in [0.1, 0.15) is 17.6 Å². The summed E-state index contributed by atoms with van der Waals surface area (Å²) in [5.41, 5.74) is -2.32. The van der Waals surface area contributed by atoms with Crippen molar-refractivity contribution in [2.24, 2.45) is 11.8 Å². The first-order chi connectivity index (χ1) is 15.5. The van der Waals surface area contributed by atoms with Crippen molar-refractivity contribution in [2.75, 3.05) is 26.3 Å². The Hall–Kier alpha value is -1.93. The summed E-state index contributed by atoms with van der Waals surface area (Å²) in [6.07, 6.45) is 4.51. The minimum atomic E-state index is -1.05. The molecule has 186 valence electrons. The average molecular weight is 465 g/mol. The van der Waals surface area contributed by atoms with E-state index in [-0.39, 0.29) is 25.0 Å². The second kappa shape index (κ2) is 9.37. The van der Waals surface area contributed by atoms with Crippen LogP contribution in [0.3, 0.4) is 0 Å². The van der Waals surface area contributed by atoms with Crippen LogP contribution in [0.25, 0.3) is 0 Å². The molecule has 3 fully saturated rings. The van der Waals surface area contributed by atoms with Crippen molar-refractivity contribution in [1.29, 1.82) is 0 Å². The monoisotopic (exact) mass is 464 g/mol. The van der Waals surface area contributed by atoms with E-state index in [1.807, 2.05) is 27.7 Å². The fraction of sp³-hybridized carbons (Fsp3) is 0.800. The average Bonchev–Trinajstić information content (AvgIpc) is 3.35. The molecule has 1 spiro atoms. The number of ether oxygens (including phenoxy) is 2. The highest BCUT2D eigenvalue weighted by Gasteiger charge is 2.79. The van der Waals surface area contributed by atoms with Gasteiger partial charge in [0.05, 0.1) is 18.1 Å². The molecular weight excluding hydrogens is 424 g/mol. The first-order valence-corrected chi connectivity index (χ1v) is 12.2. The zero-order chi connectivity index (χ0) is 24.6. The lowest BCUT2D eigenvalue weighted by molar-refractivity contribution is -0.162. The lowest BCUT2D eigenvalue weighted by atomic mass is 9.65. The number of amides is 2. The van der Waals surface area contributed by atoms with Crippen molar-refractivity contribution in [3.8, 4) is 0 Å². The van der Waals surface area contributed by atoms with Crippen LogP contribution in [-0.2, 0) is 23.9 Å². The number of carbonyl (C=O) groups excluding carboxylic acids is 3. The second-order valence-corrected chi connectivity index (χ2v) is 10.5. The van der Waals surface area contributed by atoms with Crippen LogP contribution in [0, 0.1) is 11.8 Å². The van der Waals surface area contributed by atoms with Gasteiger partial charge in [-0.15, -0.1) is 6.58 Å². The fourth-order valence-corrected chi connectivity index (χ4v) is 6.19. The summed E-state index contributed by atoms with van der Waals surface area (Å²) < 4.78 is 12.1. The van der Waals surface area contributed by atoms with Crippen molar-refractivity contribution < 1.29 is 29.0 Å². The van der Waals surface area contributed by atoms with Crippen LogP contribution in [-0.4, -0.2) is 81.8 Å². The van der Waals surface area contributed by atoms with E-state index >= 15 is 0 Å². The second-order valence-electron chi connectivity index (χ2n) is 10.5. The molecule has 3 aliphatic rings. The van der Waals surface area contributed by atoms with E-state index < -0.39 is 40.6 Å². The predicted molar refractivity (Wildman–Crippen MR) is 123 cm³/mol. The standard InChI is InChI=1S/C25H40N2O6/c1-7-14-27(23(4,5)6)21(30)19-25-13-12-24(8-2,33-25)18(22(31)32-9-3)17(25)20(29)26(19)15-10-11-16-28/h7,17-19,28H,1,8-16H2,2-6H3/t17-,18-,19?,24+,25?/m0/s1. The van der Waals surface area contributed by atoms with Crippen molar-refractivity contribution in [2.45, 2.75) is 89.5 Å². The Kier molecular flexibility index (Phi) is 7.30. The van der Waals surface area contributed by atoms with Crippen LogP contribution in [0.5, 0.6) is 0 Å². The number of esters is 1. The van der Waals surface area contributed by atoms with Crippen molar-refractivity contribution >= 4 is 17.8 Å². The molecule has 8 nitrogen and oxygen atoms in total. The highest BCUT2D eigenvalue weighted by Crippen LogP contribution is 2.64. The summed E-state index contributed by atoms with van der Waals surface area (Å²) in [5, 5.41) is 9.28. The van der Waals surface area contributed by atoms with Crippen LogP contribution in [0.15, 0.2) is 12.7 Å². The third-order valence-corrected chi connectivity index (χ3v) is 7.65. The van der Waals surface area contributed by atoms with Gasteiger partial charge in [-0.05, 0) is 59.8 Å². The molecular formula is C25H40N2O6.